The smallest absolute Gasteiger partial charge is 0.157 e. The molecule has 2 aliphatic rings. The fourth-order valence-corrected chi connectivity index (χ4v) is 3.76. The van der Waals surface area contributed by atoms with Gasteiger partial charge < -0.3 is 5.32 Å². The Morgan fingerprint density at radius 3 is 2.88 bits per heavy atom. The quantitative estimate of drug-likeness (QED) is 0.764. The van der Waals surface area contributed by atoms with Crippen molar-refractivity contribution < 1.29 is 0 Å². The third-order valence-corrected chi connectivity index (χ3v) is 5.06. The van der Waals surface area contributed by atoms with Gasteiger partial charge in [-0.3, -0.25) is 4.99 Å². The van der Waals surface area contributed by atoms with Crippen molar-refractivity contribution in [3.05, 3.63) is 0 Å². The molecule has 2 fully saturated rings. The summed E-state index contributed by atoms with van der Waals surface area (Å²) in [4.78, 5) is 4.65. The molecule has 0 bridgehead atoms. The van der Waals surface area contributed by atoms with E-state index in [0.29, 0.717) is 5.54 Å². The summed E-state index contributed by atoms with van der Waals surface area (Å²) in [5.74, 6) is 2.17. The molecule has 0 amide bonds. The van der Waals surface area contributed by atoms with Crippen LogP contribution in [0.1, 0.15) is 52.4 Å². The zero-order chi connectivity index (χ0) is 11.4. The van der Waals surface area contributed by atoms with Gasteiger partial charge in [-0.2, -0.15) is 0 Å². The monoisotopic (exact) mass is 240 g/mol. The predicted octanol–water partition coefficient (Wildman–Crippen LogP) is 3.43. The van der Waals surface area contributed by atoms with Crippen LogP contribution in [0.5, 0.6) is 0 Å². The second-order valence-corrected chi connectivity index (χ2v) is 6.38. The Hall–Kier alpha value is -0.180. The van der Waals surface area contributed by atoms with Crippen molar-refractivity contribution in [1.29, 1.82) is 0 Å². The molecule has 16 heavy (non-hydrogen) atoms. The molecule has 1 saturated carbocycles. The Kier molecular flexibility index (Phi) is 4.17. The van der Waals surface area contributed by atoms with E-state index in [4.69, 9.17) is 0 Å². The van der Waals surface area contributed by atoms with Crippen LogP contribution in [0.15, 0.2) is 4.99 Å². The molecule has 0 aromatic heterocycles. The number of amidine groups is 1. The number of unbranched alkanes of at least 4 members (excludes halogenated alkanes) is 1. The van der Waals surface area contributed by atoms with Gasteiger partial charge >= 0.3 is 0 Å². The van der Waals surface area contributed by atoms with Crippen molar-refractivity contribution in [2.45, 2.75) is 57.9 Å². The minimum absolute atomic E-state index is 0.405. The van der Waals surface area contributed by atoms with Crippen molar-refractivity contribution in [2.24, 2.45) is 10.9 Å². The summed E-state index contributed by atoms with van der Waals surface area (Å²) in [7, 11) is 0. The molecule has 0 aromatic carbocycles. The minimum atomic E-state index is 0.405. The minimum Gasteiger partial charge on any atom is -0.359 e. The summed E-state index contributed by atoms with van der Waals surface area (Å²) >= 11 is 1.94. The lowest BCUT2D eigenvalue weighted by molar-refractivity contribution is 0.251. The molecule has 1 heterocycles. The second-order valence-electron chi connectivity index (χ2n) is 5.42. The van der Waals surface area contributed by atoms with Crippen molar-refractivity contribution >= 4 is 16.9 Å². The van der Waals surface area contributed by atoms with Gasteiger partial charge in [-0.1, -0.05) is 32.0 Å². The number of aliphatic imine (C=N–C) groups is 1. The summed E-state index contributed by atoms with van der Waals surface area (Å²) in [6.45, 7) is 5.60. The van der Waals surface area contributed by atoms with Gasteiger partial charge in [-0.15, -0.1) is 0 Å². The molecule has 3 heteroatoms. The van der Waals surface area contributed by atoms with Crippen molar-refractivity contribution in [1.82, 2.24) is 5.32 Å². The van der Waals surface area contributed by atoms with Crippen LogP contribution >= 0.6 is 11.8 Å². The lowest BCUT2D eigenvalue weighted by Crippen LogP contribution is -2.46. The van der Waals surface area contributed by atoms with E-state index in [1.807, 2.05) is 11.8 Å². The topological polar surface area (TPSA) is 24.4 Å². The van der Waals surface area contributed by atoms with Crippen LogP contribution in [0.3, 0.4) is 0 Å². The van der Waals surface area contributed by atoms with Gasteiger partial charge in [0.25, 0.3) is 0 Å². The highest BCUT2D eigenvalue weighted by Gasteiger charge is 2.39. The molecule has 0 atom stereocenters. The summed E-state index contributed by atoms with van der Waals surface area (Å²) in [5, 5.41) is 4.91. The first-order valence-corrected chi connectivity index (χ1v) is 7.68. The Balaban J connectivity index is 1.84. The van der Waals surface area contributed by atoms with Crippen LogP contribution in [0.2, 0.25) is 0 Å². The Morgan fingerprint density at radius 1 is 1.44 bits per heavy atom. The van der Waals surface area contributed by atoms with E-state index < -0.39 is 0 Å². The summed E-state index contributed by atoms with van der Waals surface area (Å²) in [6.07, 6.45) is 7.91. The first kappa shape index (κ1) is 12.3. The van der Waals surface area contributed by atoms with E-state index in [1.165, 1.54) is 49.4 Å². The van der Waals surface area contributed by atoms with Gasteiger partial charge in [-0.25, -0.2) is 0 Å². The highest BCUT2D eigenvalue weighted by atomic mass is 32.2. The second kappa shape index (κ2) is 5.44. The van der Waals surface area contributed by atoms with E-state index in [9.17, 15) is 0 Å². The Morgan fingerprint density at radius 2 is 2.19 bits per heavy atom. The van der Waals surface area contributed by atoms with Gasteiger partial charge in [0.2, 0.25) is 0 Å². The van der Waals surface area contributed by atoms with Gasteiger partial charge in [0.1, 0.15) is 0 Å². The van der Waals surface area contributed by atoms with Gasteiger partial charge in [-0.05, 0) is 38.0 Å². The maximum Gasteiger partial charge on any atom is 0.157 e. The summed E-state index contributed by atoms with van der Waals surface area (Å²) < 4.78 is 0. The molecule has 0 radical (unpaired) electrons. The molecule has 1 saturated heterocycles. The predicted molar refractivity (Wildman–Crippen MR) is 73.2 cm³/mol. The first-order chi connectivity index (χ1) is 7.74. The van der Waals surface area contributed by atoms with E-state index >= 15 is 0 Å². The third-order valence-electron chi connectivity index (χ3n) is 3.86. The molecule has 1 aliphatic carbocycles. The van der Waals surface area contributed by atoms with Crippen LogP contribution in [-0.2, 0) is 0 Å². The lowest BCUT2D eigenvalue weighted by atomic mass is 9.78. The molecular weight excluding hydrogens is 216 g/mol. The largest absolute Gasteiger partial charge is 0.359 e. The fraction of sp³-hybridized carbons (Fsp3) is 0.923. The van der Waals surface area contributed by atoms with E-state index in [-0.39, 0.29) is 0 Å². The van der Waals surface area contributed by atoms with Gasteiger partial charge in [0.05, 0.1) is 0 Å². The molecule has 2 nitrogen and oxygen atoms in total. The Labute approximate surface area is 104 Å². The number of thioether (sulfide) groups is 1. The molecule has 0 unspecified atom stereocenters. The van der Waals surface area contributed by atoms with E-state index in [0.717, 1.165) is 12.5 Å². The highest BCUT2D eigenvalue weighted by Crippen LogP contribution is 2.38. The average molecular weight is 240 g/mol. The third kappa shape index (κ3) is 2.93. The number of nitrogens with one attached hydrogen (secondary N) is 1. The molecule has 1 N–H and O–H groups in total. The van der Waals surface area contributed by atoms with Gasteiger partial charge in [0, 0.05) is 17.8 Å². The number of hydrogen-bond acceptors (Lipinski definition) is 2. The lowest BCUT2D eigenvalue weighted by Gasteiger charge is -2.35. The van der Waals surface area contributed by atoms with Crippen molar-refractivity contribution in [3.63, 3.8) is 0 Å². The molecule has 92 valence electrons. The zero-order valence-corrected chi connectivity index (χ0v) is 11.4. The van der Waals surface area contributed by atoms with Gasteiger partial charge in [0.15, 0.2) is 5.17 Å². The molecule has 1 aliphatic heterocycles. The molecule has 2 rings (SSSR count). The number of hydrogen-bond donors (Lipinski definition) is 1. The average Bonchev–Trinajstić information content (AvgIpc) is 2.68. The van der Waals surface area contributed by atoms with Crippen molar-refractivity contribution in [2.75, 3.05) is 12.3 Å². The molecule has 0 aromatic rings. The highest BCUT2D eigenvalue weighted by molar-refractivity contribution is 8.14. The van der Waals surface area contributed by atoms with Crippen LogP contribution in [-0.4, -0.2) is 23.0 Å². The fourth-order valence-electron chi connectivity index (χ4n) is 2.51. The van der Waals surface area contributed by atoms with E-state index in [2.05, 4.69) is 24.2 Å². The van der Waals surface area contributed by atoms with Crippen LogP contribution in [0.25, 0.3) is 0 Å². The van der Waals surface area contributed by atoms with Crippen LogP contribution < -0.4 is 5.32 Å². The zero-order valence-electron chi connectivity index (χ0n) is 10.6. The van der Waals surface area contributed by atoms with Crippen LogP contribution in [0, 0.1) is 5.92 Å². The standard InChI is InChI=1S/C13H24N2S/c1-3-4-9-14-12-15-13(10-16-12)7-5-11(2)6-8-13/h11H,3-10H2,1-2H3,(H,14,15). The molecular formula is C13H24N2S. The molecule has 1 spiro atoms. The maximum atomic E-state index is 4.65. The number of nitrogens with zero attached hydrogens (tertiary/aromatic N) is 1. The van der Waals surface area contributed by atoms with E-state index in [1.54, 1.807) is 0 Å². The maximum absolute atomic E-state index is 4.65. The summed E-state index contributed by atoms with van der Waals surface area (Å²) in [6, 6.07) is 0. The number of rotatable bonds is 3. The first-order valence-electron chi connectivity index (χ1n) is 6.69. The summed E-state index contributed by atoms with van der Waals surface area (Å²) in [5.41, 5.74) is 0.405. The Bertz CT molecular complexity index is 255. The SMILES string of the molecule is CCCCN=C1NC2(CCC(C)CC2)CS1. The van der Waals surface area contributed by atoms with Crippen LogP contribution in [0.4, 0.5) is 0 Å². The van der Waals surface area contributed by atoms with Crippen molar-refractivity contribution in [3.8, 4) is 0 Å². The normalized spacial score (nSPS) is 36.9.